The van der Waals surface area contributed by atoms with Crippen molar-refractivity contribution >= 4 is 11.5 Å². The van der Waals surface area contributed by atoms with Crippen LogP contribution in [0.1, 0.15) is 18.4 Å². The minimum atomic E-state index is -0.364. The van der Waals surface area contributed by atoms with Crippen molar-refractivity contribution in [1.82, 2.24) is 0 Å². The summed E-state index contributed by atoms with van der Waals surface area (Å²) in [7, 11) is 0. The number of carbonyl (C=O) groups excluding carboxylic acids is 1. The van der Waals surface area contributed by atoms with E-state index >= 15 is 0 Å². The number of benzene rings is 1. The molecule has 0 radical (unpaired) electrons. The van der Waals surface area contributed by atoms with Gasteiger partial charge in [-0.1, -0.05) is 23.4 Å². The summed E-state index contributed by atoms with van der Waals surface area (Å²) in [6.45, 7) is 0. The van der Waals surface area contributed by atoms with Gasteiger partial charge < -0.3 is 4.84 Å². The molecule has 4 heteroatoms. The van der Waals surface area contributed by atoms with E-state index in [1.807, 2.05) is 0 Å². The van der Waals surface area contributed by atoms with Crippen LogP contribution < -0.4 is 0 Å². The van der Waals surface area contributed by atoms with Crippen molar-refractivity contribution in [2.75, 3.05) is 0 Å². The fraction of sp³-hybridized carbons (Fsp3) is 0.333. The lowest BCUT2D eigenvalue weighted by Gasteiger charge is -2.08. The van der Waals surface area contributed by atoms with Crippen molar-refractivity contribution < 1.29 is 14.0 Å². The van der Waals surface area contributed by atoms with Gasteiger partial charge in [0.1, 0.15) is 29.3 Å². The molecule has 0 saturated heterocycles. The fourth-order valence-corrected chi connectivity index (χ4v) is 2.32. The molecule has 0 amide bonds. The van der Waals surface area contributed by atoms with Crippen LogP contribution in [0, 0.1) is 11.7 Å². The lowest BCUT2D eigenvalue weighted by Crippen LogP contribution is -2.24. The quantitative estimate of drug-likeness (QED) is 0.723. The zero-order chi connectivity index (χ0) is 11.1. The van der Waals surface area contributed by atoms with Gasteiger partial charge in [0.15, 0.2) is 0 Å². The number of ketones is 1. The van der Waals surface area contributed by atoms with Crippen LogP contribution in [0.15, 0.2) is 29.4 Å². The molecule has 1 saturated carbocycles. The SMILES string of the molecule is O=C1CC[C@@H]2ON=C(c3ccccc3F)[C@H]12. The number of oxime groups is 1. The zero-order valence-corrected chi connectivity index (χ0v) is 8.52. The Labute approximate surface area is 91.9 Å². The molecule has 0 unspecified atom stereocenters. The van der Waals surface area contributed by atoms with Gasteiger partial charge in [-0.05, 0) is 12.5 Å². The Morgan fingerprint density at radius 1 is 1.38 bits per heavy atom. The molecule has 1 heterocycles. The average Bonchev–Trinajstić information content (AvgIpc) is 2.83. The number of hydrogen-bond acceptors (Lipinski definition) is 3. The summed E-state index contributed by atoms with van der Waals surface area (Å²) < 4.78 is 13.6. The number of fused-ring (bicyclic) bond motifs is 1. The Morgan fingerprint density at radius 2 is 2.19 bits per heavy atom. The molecule has 0 spiro atoms. The third kappa shape index (κ3) is 1.26. The molecule has 3 nitrogen and oxygen atoms in total. The minimum Gasteiger partial charge on any atom is -0.391 e. The summed E-state index contributed by atoms with van der Waals surface area (Å²) in [5, 5.41) is 3.86. The topological polar surface area (TPSA) is 38.7 Å². The van der Waals surface area contributed by atoms with Crippen molar-refractivity contribution in [2.24, 2.45) is 11.1 Å². The second-order valence-corrected chi connectivity index (χ2v) is 4.08. The lowest BCUT2D eigenvalue weighted by atomic mass is 9.93. The highest BCUT2D eigenvalue weighted by Gasteiger charge is 2.45. The number of rotatable bonds is 1. The molecule has 1 fully saturated rings. The molecule has 2 atom stereocenters. The fourth-order valence-electron chi connectivity index (χ4n) is 2.32. The Balaban J connectivity index is 2.03. The second kappa shape index (κ2) is 3.40. The third-order valence-electron chi connectivity index (χ3n) is 3.12. The molecule has 1 aromatic carbocycles. The highest BCUT2D eigenvalue weighted by atomic mass is 19.1. The van der Waals surface area contributed by atoms with Crippen molar-refractivity contribution in [3.63, 3.8) is 0 Å². The Morgan fingerprint density at radius 3 is 3.00 bits per heavy atom. The first kappa shape index (κ1) is 9.51. The Bertz CT molecular complexity index is 484. The molecule has 1 aromatic rings. The zero-order valence-electron chi connectivity index (χ0n) is 8.52. The third-order valence-corrected chi connectivity index (χ3v) is 3.12. The molecular formula is C12H10FNO2. The standard InChI is InChI=1S/C12H10FNO2/c13-8-4-2-1-3-7(8)12-11-9(15)5-6-10(11)16-14-12/h1-4,10-11H,5-6H2/t10-,11+/m0/s1. The lowest BCUT2D eigenvalue weighted by molar-refractivity contribution is -0.119. The van der Waals surface area contributed by atoms with Gasteiger partial charge in [0, 0.05) is 12.0 Å². The molecule has 0 N–H and O–H groups in total. The van der Waals surface area contributed by atoms with E-state index in [-0.39, 0.29) is 23.6 Å². The summed E-state index contributed by atoms with van der Waals surface area (Å²) in [4.78, 5) is 16.8. The summed E-state index contributed by atoms with van der Waals surface area (Å²) in [5.41, 5.74) is 0.829. The number of carbonyl (C=O) groups is 1. The molecule has 1 aliphatic carbocycles. The van der Waals surface area contributed by atoms with Crippen molar-refractivity contribution in [1.29, 1.82) is 0 Å². The molecular weight excluding hydrogens is 209 g/mol. The summed E-state index contributed by atoms with van der Waals surface area (Å²) in [6, 6.07) is 6.34. The van der Waals surface area contributed by atoms with Crippen LogP contribution in [0.3, 0.4) is 0 Å². The average molecular weight is 219 g/mol. The van der Waals surface area contributed by atoms with Crippen LogP contribution in [-0.4, -0.2) is 17.6 Å². The van der Waals surface area contributed by atoms with Gasteiger partial charge in [0.2, 0.25) is 0 Å². The number of nitrogens with zero attached hydrogens (tertiary/aromatic N) is 1. The molecule has 0 aromatic heterocycles. The van der Waals surface area contributed by atoms with Gasteiger partial charge in [0.25, 0.3) is 0 Å². The first-order valence-corrected chi connectivity index (χ1v) is 5.28. The molecule has 0 bridgehead atoms. The number of halogens is 1. The second-order valence-electron chi connectivity index (χ2n) is 4.08. The van der Waals surface area contributed by atoms with Gasteiger partial charge in [0.05, 0.1) is 0 Å². The first-order valence-electron chi connectivity index (χ1n) is 5.28. The molecule has 1 aliphatic heterocycles. The molecule has 3 rings (SSSR count). The van der Waals surface area contributed by atoms with E-state index < -0.39 is 0 Å². The normalized spacial score (nSPS) is 27.6. The van der Waals surface area contributed by atoms with Crippen molar-refractivity contribution in [2.45, 2.75) is 18.9 Å². The smallest absolute Gasteiger partial charge is 0.146 e. The van der Waals surface area contributed by atoms with Crippen LogP contribution in [0.4, 0.5) is 4.39 Å². The predicted molar refractivity (Wildman–Crippen MR) is 55.5 cm³/mol. The van der Waals surface area contributed by atoms with Crippen LogP contribution in [-0.2, 0) is 9.63 Å². The van der Waals surface area contributed by atoms with Crippen molar-refractivity contribution in [3.8, 4) is 0 Å². The highest BCUT2D eigenvalue weighted by Crippen LogP contribution is 2.34. The van der Waals surface area contributed by atoms with Crippen LogP contribution in [0.25, 0.3) is 0 Å². The van der Waals surface area contributed by atoms with Gasteiger partial charge in [-0.2, -0.15) is 0 Å². The predicted octanol–water partition coefficient (Wildman–Crippen LogP) is 1.91. The summed E-state index contributed by atoms with van der Waals surface area (Å²) >= 11 is 0. The number of Topliss-reactive ketones (excluding diaryl/α,β-unsaturated/α-hetero) is 1. The van der Waals surface area contributed by atoms with E-state index in [0.29, 0.717) is 24.1 Å². The van der Waals surface area contributed by atoms with Gasteiger partial charge >= 0.3 is 0 Å². The van der Waals surface area contributed by atoms with E-state index in [2.05, 4.69) is 5.16 Å². The van der Waals surface area contributed by atoms with E-state index in [1.165, 1.54) is 6.07 Å². The van der Waals surface area contributed by atoms with E-state index in [9.17, 15) is 9.18 Å². The van der Waals surface area contributed by atoms with E-state index in [0.717, 1.165) is 0 Å². The maximum atomic E-state index is 13.6. The van der Waals surface area contributed by atoms with E-state index in [4.69, 9.17) is 4.84 Å². The number of hydrogen-bond donors (Lipinski definition) is 0. The molecule has 2 aliphatic rings. The van der Waals surface area contributed by atoms with E-state index in [1.54, 1.807) is 18.2 Å². The van der Waals surface area contributed by atoms with Crippen LogP contribution >= 0.6 is 0 Å². The van der Waals surface area contributed by atoms with Gasteiger partial charge in [-0.25, -0.2) is 4.39 Å². The van der Waals surface area contributed by atoms with Crippen molar-refractivity contribution in [3.05, 3.63) is 35.6 Å². The molecule has 16 heavy (non-hydrogen) atoms. The summed E-state index contributed by atoms with van der Waals surface area (Å²) in [5.74, 6) is -0.619. The maximum absolute atomic E-state index is 13.6. The summed E-state index contributed by atoms with van der Waals surface area (Å²) in [6.07, 6.45) is 1.01. The monoisotopic (exact) mass is 219 g/mol. The maximum Gasteiger partial charge on any atom is 0.146 e. The minimum absolute atomic E-state index is 0.101. The van der Waals surface area contributed by atoms with Gasteiger partial charge in [-0.3, -0.25) is 4.79 Å². The largest absolute Gasteiger partial charge is 0.391 e. The highest BCUT2D eigenvalue weighted by molar-refractivity contribution is 6.15. The first-order chi connectivity index (χ1) is 7.77. The van der Waals surface area contributed by atoms with Gasteiger partial charge in [-0.15, -0.1) is 0 Å². The Hall–Kier alpha value is -1.71. The molecule has 82 valence electrons. The van der Waals surface area contributed by atoms with Crippen LogP contribution in [0.2, 0.25) is 0 Å². The Kier molecular flexibility index (Phi) is 2.02. The van der Waals surface area contributed by atoms with Crippen LogP contribution in [0.5, 0.6) is 0 Å².